The number of nitriles is 1. The van der Waals surface area contributed by atoms with Gasteiger partial charge in [0.2, 0.25) is 0 Å². The molecule has 0 rings (SSSR count). The van der Waals surface area contributed by atoms with Gasteiger partial charge < -0.3 is 9.53 Å². The molecule has 0 saturated heterocycles. The molecule has 4 heteroatoms. The number of nitrogens with zero attached hydrogens (tertiary/aromatic N) is 1. The van der Waals surface area contributed by atoms with Gasteiger partial charge in [0.1, 0.15) is 0 Å². The molecule has 0 amide bonds. The Bertz CT molecular complexity index is 313. The van der Waals surface area contributed by atoms with E-state index in [1.807, 2.05) is 19.1 Å². The van der Waals surface area contributed by atoms with Gasteiger partial charge in [0, 0.05) is 6.42 Å². The van der Waals surface area contributed by atoms with E-state index < -0.39 is 14.4 Å². The zero-order chi connectivity index (χ0) is 14.4. The van der Waals surface area contributed by atoms with E-state index in [1.165, 1.54) is 0 Å². The minimum atomic E-state index is -1.90. The number of aliphatic hydroxyl groups is 1. The van der Waals surface area contributed by atoms with Crippen LogP contribution >= 0.6 is 0 Å². The van der Waals surface area contributed by atoms with E-state index in [4.69, 9.17) is 9.69 Å². The van der Waals surface area contributed by atoms with Crippen LogP contribution < -0.4 is 0 Å². The van der Waals surface area contributed by atoms with Crippen LogP contribution in [0.1, 0.15) is 40.5 Å². The summed E-state index contributed by atoms with van der Waals surface area (Å²) in [6.07, 6.45) is 3.70. The average Bonchev–Trinajstić information content (AvgIpc) is 2.23. The predicted molar refractivity (Wildman–Crippen MR) is 77.7 cm³/mol. The zero-order valence-corrected chi connectivity index (χ0v) is 13.5. The molecule has 0 aromatic heterocycles. The fourth-order valence-electron chi connectivity index (χ4n) is 1.33. The third-order valence-corrected chi connectivity index (χ3v) is 8.02. The van der Waals surface area contributed by atoms with Crippen molar-refractivity contribution in [1.82, 2.24) is 0 Å². The summed E-state index contributed by atoms with van der Waals surface area (Å²) in [5, 5.41) is 18.8. The van der Waals surface area contributed by atoms with Crippen molar-refractivity contribution in [1.29, 1.82) is 5.26 Å². The second-order valence-electron chi connectivity index (χ2n) is 6.13. The molecule has 3 nitrogen and oxygen atoms in total. The summed E-state index contributed by atoms with van der Waals surface area (Å²) in [4.78, 5) is 0. The highest BCUT2D eigenvalue weighted by atomic mass is 28.4. The summed E-state index contributed by atoms with van der Waals surface area (Å²) in [5.74, 6) is 0. The Hall–Kier alpha value is -0.633. The summed E-state index contributed by atoms with van der Waals surface area (Å²) in [5.41, 5.74) is 0. The number of hydrogen-bond donors (Lipinski definition) is 1. The lowest BCUT2D eigenvalue weighted by molar-refractivity contribution is 0.0507. The first-order chi connectivity index (χ1) is 8.15. The van der Waals surface area contributed by atoms with Crippen LogP contribution in [0, 0.1) is 11.3 Å². The van der Waals surface area contributed by atoms with E-state index in [-0.39, 0.29) is 11.1 Å². The fraction of sp³-hybridized carbons (Fsp3) is 0.786. The van der Waals surface area contributed by atoms with Gasteiger partial charge in [-0.1, -0.05) is 32.9 Å². The molecule has 0 fully saturated rings. The maximum absolute atomic E-state index is 10.1. The lowest BCUT2D eigenvalue weighted by Crippen LogP contribution is -2.46. The number of allylic oxidation sites excluding steroid dienone is 1. The van der Waals surface area contributed by atoms with Crippen LogP contribution in [0.4, 0.5) is 0 Å². The second kappa shape index (κ2) is 7.08. The molecule has 0 aromatic carbocycles. The molecule has 0 aliphatic heterocycles. The van der Waals surface area contributed by atoms with Crippen LogP contribution in [-0.2, 0) is 4.43 Å². The maximum atomic E-state index is 10.1. The summed E-state index contributed by atoms with van der Waals surface area (Å²) in [6, 6.07) is 2.06. The van der Waals surface area contributed by atoms with Crippen LogP contribution in [0.5, 0.6) is 0 Å². The minimum Gasteiger partial charge on any atom is -0.408 e. The molecule has 0 aliphatic rings. The van der Waals surface area contributed by atoms with Crippen LogP contribution in [0.3, 0.4) is 0 Å². The Balaban J connectivity index is 4.78. The number of aliphatic hydroxyl groups excluding tert-OH is 1. The van der Waals surface area contributed by atoms with Crippen molar-refractivity contribution in [3.63, 3.8) is 0 Å². The van der Waals surface area contributed by atoms with Gasteiger partial charge in [0.25, 0.3) is 0 Å². The molecule has 0 radical (unpaired) electrons. The van der Waals surface area contributed by atoms with Gasteiger partial charge in [-0.2, -0.15) is 5.26 Å². The largest absolute Gasteiger partial charge is 0.408 e. The van der Waals surface area contributed by atoms with E-state index in [9.17, 15) is 5.11 Å². The number of rotatable bonds is 6. The standard InChI is InChI=1S/C14H27NO2Si/c1-7-9-13(12(16)10-8-11-15)17-18(5,6)14(2,3)4/h7,9,12-13,16H,8,10H2,1-6H3/b9-7+/t12-,13-/m1/s1. The van der Waals surface area contributed by atoms with E-state index in [0.29, 0.717) is 12.8 Å². The van der Waals surface area contributed by atoms with Crippen molar-refractivity contribution in [2.75, 3.05) is 0 Å². The van der Waals surface area contributed by atoms with Crippen LogP contribution in [0.15, 0.2) is 12.2 Å². The molecule has 0 saturated carbocycles. The Morgan fingerprint density at radius 3 is 2.33 bits per heavy atom. The smallest absolute Gasteiger partial charge is 0.193 e. The predicted octanol–water partition coefficient (Wildman–Crippen LogP) is 3.62. The molecule has 1 N–H and O–H groups in total. The topological polar surface area (TPSA) is 53.2 Å². The molecule has 0 unspecified atom stereocenters. The van der Waals surface area contributed by atoms with Gasteiger partial charge in [-0.15, -0.1) is 0 Å². The van der Waals surface area contributed by atoms with Gasteiger partial charge in [0.15, 0.2) is 8.32 Å². The third-order valence-electron chi connectivity index (χ3n) is 3.55. The van der Waals surface area contributed by atoms with Crippen molar-refractivity contribution >= 4 is 8.32 Å². The Morgan fingerprint density at radius 2 is 1.94 bits per heavy atom. The van der Waals surface area contributed by atoms with Gasteiger partial charge >= 0.3 is 0 Å². The van der Waals surface area contributed by atoms with E-state index in [1.54, 1.807) is 0 Å². The van der Waals surface area contributed by atoms with E-state index in [2.05, 4.69) is 39.9 Å². The lowest BCUT2D eigenvalue weighted by Gasteiger charge is -2.39. The molecule has 0 bridgehead atoms. The maximum Gasteiger partial charge on any atom is 0.193 e. The first-order valence-corrected chi connectivity index (χ1v) is 9.42. The van der Waals surface area contributed by atoms with Gasteiger partial charge in [-0.3, -0.25) is 0 Å². The molecule has 18 heavy (non-hydrogen) atoms. The molecule has 0 spiro atoms. The Kier molecular flexibility index (Phi) is 6.83. The molecule has 0 aliphatic carbocycles. The monoisotopic (exact) mass is 269 g/mol. The summed E-state index contributed by atoms with van der Waals surface area (Å²) in [7, 11) is -1.90. The number of hydrogen-bond acceptors (Lipinski definition) is 3. The van der Waals surface area contributed by atoms with Crippen molar-refractivity contribution in [3.8, 4) is 6.07 Å². The van der Waals surface area contributed by atoms with Crippen LogP contribution in [0.2, 0.25) is 18.1 Å². The molecule has 2 atom stereocenters. The highest BCUT2D eigenvalue weighted by Gasteiger charge is 2.39. The highest BCUT2D eigenvalue weighted by molar-refractivity contribution is 6.74. The van der Waals surface area contributed by atoms with Crippen LogP contribution in [-0.4, -0.2) is 25.6 Å². The van der Waals surface area contributed by atoms with E-state index in [0.717, 1.165) is 0 Å². The summed E-state index contributed by atoms with van der Waals surface area (Å²) in [6.45, 7) is 12.8. The lowest BCUT2D eigenvalue weighted by atomic mass is 10.1. The Labute approximate surface area is 113 Å². The zero-order valence-electron chi connectivity index (χ0n) is 12.5. The molecular weight excluding hydrogens is 242 g/mol. The molecular formula is C14H27NO2Si. The average molecular weight is 269 g/mol. The van der Waals surface area contributed by atoms with Crippen molar-refractivity contribution in [2.24, 2.45) is 0 Å². The second-order valence-corrected chi connectivity index (χ2v) is 10.9. The van der Waals surface area contributed by atoms with Gasteiger partial charge in [0.05, 0.1) is 18.3 Å². The first-order valence-electron chi connectivity index (χ1n) is 6.51. The van der Waals surface area contributed by atoms with Crippen molar-refractivity contribution in [3.05, 3.63) is 12.2 Å². The van der Waals surface area contributed by atoms with Gasteiger partial charge in [-0.05, 0) is 31.5 Å². The molecule has 104 valence electrons. The quantitative estimate of drug-likeness (QED) is 0.592. The fourth-order valence-corrected chi connectivity index (χ4v) is 2.60. The van der Waals surface area contributed by atoms with Gasteiger partial charge in [-0.25, -0.2) is 0 Å². The summed E-state index contributed by atoms with van der Waals surface area (Å²) >= 11 is 0. The normalized spacial score (nSPS) is 16.6. The molecule has 0 heterocycles. The summed E-state index contributed by atoms with van der Waals surface area (Å²) < 4.78 is 6.19. The van der Waals surface area contributed by atoms with E-state index >= 15 is 0 Å². The highest BCUT2D eigenvalue weighted by Crippen LogP contribution is 2.37. The SMILES string of the molecule is C/C=C/[C@@H](O[Si](C)(C)C(C)(C)C)[C@H](O)CCC#N. The minimum absolute atomic E-state index is 0.113. The third kappa shape index (κ3) is 5.34. The first kappa shape index (κ1) is 17.4. The van der Waals surface area contributed by atoms with Crippen molar-refractivity contribution in [2.45, 2.75) is 70.9 Å². The van der Waals surface area contributed by atoms with Crippen molar-refractivity contribution < 1.29 is 9.53 Å². The molecule has 0 aromatic rings. The Morgan fingerprint density at radius 1 is 1.39 bits per heavy atom. The van der Waals surface area contributed by atoms with Crippen LogP contribution in [0.25, 0.3) is 0 Å².